The number of fused-ring (bicyclic) bond motifs is 1. The van der Waals surface area contributed by atoms with Gasteiger partial charge in [-0.25, -0.2) is 0 Å². The van der Waals surface area contributed by atoms with Gasteiger partial charge in [-0.05, 0) is 37.6 Å². The zero-order chi connectivity index (χ0) is 11.0. The summed E-state index contributed by atoms with van der Waals surface area (Å²) in [6.45, 7) is 4.08. The van der Waals surface area contributed by atoms with Gasteiger partial charge in [0.15, 0.2) is 0 Å². The Labute approximate surface area is 90.1 Å². The van der Waals surface area contributed by atoms with Gasteiger partial charge in [-0.3, -0.25) is 4.79 Å². The summed E-state index contributed by atoms with van der Waals surface area (Å²) >= 11 is 0. The highest BCUT2D eigenvalue weighted by Gasteiger charge is 2.28. The summed E-state index contributed by atoms with van der Waals surface area (Å²) in [5.41, 5.74) is 3.25. The molecule has 1 aliphatic rings. The average molecular weight is 204 g/mol. The Morgan fingerprint density at radius 2 is 2.13 bits per heavy atom. The summed E-state index contributed by atoms with van der Waals surface area (Å²) in [4.78, 5) is 13.6. The number of benzene rings is 1. The second kappa shape index (κ2) is 3.57. The van der Waals surface area contributed by atoms with E-state index in [2.05, 4.69) is 11.4 Å². The lowest BCUT2D eigenvalue weighted by molar-refractivity contribution is -0.117. The van der Waals surface area contributed by atoms with Crippen molar-refractivity contribution in [1.82, 2.24) is 0 Å². The first-order valence-corrected chi connectivity index (χ1v) is 5.26. The van der Waals surface area contributed by atoms with E-state index in [1.54, 1.807) is 0 Å². The van der Waals surface area contributed by atoms with Crippen LogP contribution in [0.4, 0.5) is 11.4 Å². The maximum atomic E-state index is 11.8. The molecule has 0 aromatic heterocycles. The van der Waals surface area contributed by atoms with Crippen LogP contribution >= 0.6 is 0 Å². The number of hydrogen-bond donors (Lipinski definition) is 1. The maximum Gasteiger partial charge on any atom is 0.231 e. The number of amides is 1. The van der Waals surface area contributed by atoms with E-state index in [9.17, 15) is 4.79 Å². The van der Waals surface area contributed by atoms with Crippen molar-refractivity contribution in [3.63, 3.8) is 0 Å². The second-order valence-electron chi connectivity index (χ2n) is 4.13. The van der Waals surface area contributed by atoms with E-state index >= 15 is 0 Å². The highest BCUT2D eigenvalue weighted by atomic mass is 16.2. The van der Waals surface area contributed by atoms with Crippen molar-refractivity contribution >= 4 is 17.3 Å². The van der Waals surface area contributed by atoms with Crippen LogP contribution in [0.2, 0.25) is 0 Å². The lowest BCUT2D eigenvalue weighted by Crippen LogP contribution is -2.33. The van der Waals surface area contributed by atoms with Crippen LogP contribution in [-0.2, 0) is 11.2 Å². The highest BCUT2D eigenvalue weighted by Crippen LogP contribution is 2.32. The normalized spacial score (nSPS) is 14.7. The van der Waals surface area contributed by atoms with Crippen molar-refractivity contribution in [1.29, 1.82) is 0 Å². The average Bonchev–Trinajstić information content (AvgIpc) is 2.52. The Hall–Kier alpha value is -1.51. The predicted octanol–water partition coefficient (Wildman–Crippen LogP) is 2.03. The quantitative estimate of drug-likeness (QED) is 0.799. The molecule has 1 aliphatic heterocycles. The molecule has 1 N–H and O–H groups in total. The molecule has 1 aromatic carbocycles. The standard InChI is InChI=1S/C12H16N2O/c1-8(2)14-11-5-4-10(13-3)6-9(11)7-12(14)15/h4-6,8,13H,7H2,1-3H3. The Morgan fingerprint density at radius 3 is 2.73 bits per heavy atom. The molecule has 2 rings (SSSR count). The maximum absolute atomic E-state index is 11.8. The van der Waals surface area contributed by atoms with Gasteiger partial charge in [-0.1, -0.05) is 0 Å². The number of carbonyl (C=O) groups excluding carboxylic acids is 1. The third kappa shape index (κ3) is 1.58. The van der Waals surface area contributed by atoms with E-state index in [-0.39, 0.29) is 11.9 Å². The molecule has 0 spiro atoms. The molecule has 0 aliphatic carbocycles. The van der Waals surface area contributed by atoms with Crippen molar-refractivity contribution in [2.45, 2.75) is 26.3 Å². The van der Waals surface area contributed by atoms with Crippen molar-refractivity contribution in [2.24, 2.45) is 0 Å². The van der Waals surface area contributed by atoms with E-state index in [1.165, 1.54) is 0 Å². The first-order valence-electron chi connectivity index (χ1n) is 5.26. The summed E-state index contributed by atoms with van der Waals surface area (Å²) in [5, 5.41) is 3.09. The van der Waals surface area contributed by atoms with Gasteiger partial charge >= 0.3 is 0 Å². The Balaban J connectivity index is 2.43. The van der Waals surface area contributed by atoms with Gasteiger partial charge in [0.2, 0.25) is 5.91 Å². The fourth-order valence-electron chi connectivity index (χ4n) is 2.07. The van der Waals surface area contributed by atoms with Crippen LogP contribution in [0.15, 0.2) is 18.2 Å². The summed E-state index contributed by atoms with van der Waals surface area (Å²) in [6.07, 6.45) is 0.531. The van der Waals surface area contributed by atoms with E-state index in [0.717, 1.165) is 16.9 Å². The molecule has 15 heavy (non-hydrogen) atoms. The molecule has 3 heteroatoms. The molecule has 1 amide bonds. The van der Waals surface area contributed by atoms with Crippen LogP contribution in [0.3, 0.4) is 0 Å². The van der Waals surface area contributed by atoms with E-state index in [0.29, 0.717) is 6.42 Å². The van der Waals surface area contributed by atoms with Gasteiger partial charge in [0, 0.05) is 24.5 Å². The van der Waals surface area contributed by atoms with Gasteiger partial charge in [-0.15, -0.1) is 0 Å². The van der Waals surface area contributed by atoms with Gasteiger partial charge < -0.3 is 10.2 Å². The molecule has 0 unspecified atom stereocenters. The largest absolute Gasteiger partial charge is 0.388 e. The molecule has 0 fully saturated rings. The molecule has 3 nitrogen and oxygen atoms in total. The van der Waals surface area contributed by atoms with Gasteiger partial charge in [-0.2, -0.15) is 0 Å². The number of hydrogen-bond acceptors (Lipinski definition) is 2. The molecule has 0 saturated carbocycles. The Morgan fingerprint density at radius 1 is 1.40 bits per heavy atom. The molecule has 0 bridgehead atoms. The van der Waals surface area contributed by atoms with Gasteiger partial charge in [0.1, 0.15) is 0 Å². The van der Waals surface area contributed by atoms with Crippen molar-refractivity contribution in [2.75, 3.05) is 17.3 Å². The minimum Gasteiger partial charge on any atom is -0.388 e. The molecule has 0 radical (unpaired) electrons. The minimum atomic E-state index is 0.202. The van der Waals surface area contributed by atoms with Crippen LogP contribution in [0.5, 0.6) is 0 Å². The zero-order valence-electron chi connectivity index (χ0n) is 9.37. The zero-order valence-corrected chi connectivity index (χ0v) is 9.37. The smallest absolute Gasteiger partial charge is 0.231 e. The number of nitrogens with one attached hydrogen (secondary N) is 1. The van der Waals surface area contributed by atoms with Crippen LogP contribution in [0.25, 0.3) is 0 Å². The molecule has 80 valence electrons. The fraction of sp³-hybridized carbons (Fsp3) is 0.417. The minimum absolute atomic E-state index is 0.202. The van der Waals surface area contributed by atoms with Crippen molar-refractivity contribution in [3.05, 3.63) is 23.8 Å². The van der Waals surface area contributed by atoms with Crippen LogP contribution < -0.4 is 10.2 Å². The molecular weight excluding hydrogens is 188 g/mol. The number of rotatable bonds is 2. The molecule has 1 aromatic rings. The summed E-state index contributed by atoms with van der Waals surface area (Å²) in [5.74, 6) is 0.202. The topological polar surface area (TPSA) is 32.3 Å². The summed E-state index contributed by atoms with van der Waals surface area (Å²) < 4.78 is 0. The molecular formula is C12H16N2O. The van der Waals surface area contributed by atoms with E-state index in [4.69, 9.17) is 0 Å². The van der Waals surface area contributed by atoms with E-state index < -0.39 is 0 Å². The SMILES string of the molecule is CNc1ccc2c(c1)CC(=O)N2C(C)C. The van der Waals surface area contributed by atoms with Crippen LogP contribution in [0.1, 0.15) is 19.4 Å². The first kappa shape index (κ1) is 10.0. The van der Waals surface area contributed by atoms with E-state index in [1.807, 2.05) is 37.9 Å². The lowest BCUT2D eigenvalue weighted by Gasteiger charge is -2.21. The molecule has 1 heterocycles. The fourth-order valence-corrected chi connectivity index (χ4v) is 2.07. The Kier molecular flexibility index (Phi) is 2.39. The van der Waals surface area contributed by atoms with Crippen LogP contribution in [-0.4, -0.2) is 19.0 Å². The van der Waals surface area contributed by atoms with Gasteiger partial charge in [0.25, 0.3) is 0 Å². The van der Waals surface area contributed by atoms with Crippen molar-refractivity contribution < 1.29 is 4.79 Å². The molecule has 0 atom stereocenters. The third-order valence-electron chi connectivity index (χ3n) is 2.75. The van der Waals surface area contributed by atoms with Gasteiger partial charge in [0.05, 0.1) is 6.42 Å². The summed E-state index contributed by atoms with van der Waals surface area (Å²) in [7, 11) is 1.89. The highest BCUT2D eigenvalue weighted by molar-refractivity contribution is 6.02. The monoisotopic (exact) mass is 204 g/mol. The Bertz CT molecular complexity index is 399. The second-order valence-corrected chi connectivity index (χ2v) is 4.13. The predicted molar refractivity (Wildman–Crippen MR) is 62.3 cm³/mol. The third-order valence-corrected chi connectivity index (χ3v) is 2.75. The number of anilines is 2. The lowest BCUT2D eigenvalue weighted by atomic mass is 10.1. The number of carbonyl (C=O) groups is 1. The first-order chi connectivity index (χ1) is 7.13. The van der Waals surface area contributed by atoms with Crippen LogP contribution in [0, 0.1) is 0 Å². The number of nitrogens with zero attached hydrogens (tertiary/aromatic N) is 1. The van der Waals surface area contributed by atoms with Crippen molar-refractivity contribution in [3.8, 4) is 0 Å². The summed E-state index contributed by atoms with van der Waals surface area (Å²) in [6, 6.07) is 6.31. The molecule has 0 saturated heterocycles.